The first-order chi connectivity index (χ1) is 15.1. The van der Waals surface area contributed by atoms with Gasteiger partial charge in [-0.1, -0.05) is 36.8 Å². The quantitative estimate of drug-likeness (QED) is 0.422. The van der Waals surface area contributed by atoms with E-state index in [-0.39, 0.29) is 12.8 Å². The first-order valence-corrected chi connectivity index (χ1v) is 11.1. The van der Waals surface area contributed by atoms with Crippen LogP contribution in [0.25, 0.3) is 21.7 Å². The summed E-state index contributed by atoms with van der Waals surface area (Å²) >= 11 is 1.26. The number of aromatic nitrogens is 1. The normalized spacial score (nSPS) is 14.8. The summed E-state index contributed by atoms with van der Waals surface area (Å²) in [6, 6.07) is 15.2. The Hall–Kier alpha value is -2.42. The summed E-state index contributed by atoms with van der Waals surface area (Å²) in [4.78, 5) is 5.50. The van der Waals surface area contributed by atoms with Crippen molar-refractivity contribution in [2.24, 2.45) is 0 Å². The molecule has 0 aliphatic heterocycles. The third-order valence-electron chi connectivity index (χ3n) is 5.50. The molecule has 0 aliphatic rings. The molecule has 0 saturated heterocycles. The standard InChI is InChI=1S/C24H26F3NO3S/c1-4-23(30,14-13-19(29)24(25,26)27)22-28-20(16-9-11-18(31-3)12-10-16)21(32-22)17-7-5-15(2)6-8-17/h5-12,19,29-30H,4,13-14H2,1-3H3. The van der Waals surface area contributed by atoms with Crippen LogP contribution < -0.4 is 4.74 Å². The Morgan fingerprint density at radius 1 is 1.03 bits per heavy atom. The van der Waals surface area contributed by atoms with Crippen molar-refractivity contribution in [1.29, 1.82) is 0 Å². The molecule has 3 aromatic rings. The van der Waals surface area contributed by atoms with Crippen LogP contribution in [-0.2, 0) is 5.60 Å². The van der Waals surface area contributed by atoms with Crippen molar-refractivity contribution in [2.75, 3.05) is 7.11 Å². The number of nitrogens with zero attached hydrogens (tertiary/aromatic N) is 1. The Balaban J connectivity index is 2.04. The van der Waals surface area contributed by atoms with Crippen LogP contribution in [0, 0.1) is 6.92 Å². The highest BCUT2D eigenvalue weighted by molar-refractivity contribution is 7.15. The second-order valence-electron chi connectivity index (χ2n) is 7.77. The van der Waals surface area contributed by atoms with Crippen LogP contribution >= 0.6 is 11.3 Å². The highest BCUT2D eigenvalue weighted by Crippen LogP contribution is 2.43. The summed E-state index contributed by atoms with van der Waals surface area (Å²) in [6.45, 7) is 3.67. The van der Waals surface area contributed by atoms with E-state index in [0.29, 0.717) is 16.5 Å². The van der Waals surface area contributed by atoms with E-state index in [9.17, 15) is 23.4 Å². The lowest BCUT2D eigenvalue weighted by atomic mass is 9.93. The number of aliphatic hydroxyl groups is 2. The molecule has 172 valence electrons. The van der Waals surface area contributed by atoms with Gasteiger partial charge in [0.1, 0.15) is 22.5 Å². The van der Waals surface area contributed by atoms with Gasteiger partial charge in [-0.3, -0.25) is 0 Å². The van der Waals surface area contributed by atoms with Gasteiger partial charge < -0.3 is 14.9 Å². The molecule has 4 nitrogen and oxygen atoms in total. The number of benzene rings is 2. The number of aliphatic hydroxyl groups excluding tert-OH is 1. The van der Waals surface area contributed by atoms with Gasteiger partial charge >= 0.3 is 6.18 Å². The van der Waals surface area contributed by atoms with Crippen molar-refractivity contribution in [2.45, 2.75) is 51.0 Å². The molecule has 2 aromatic carbocycles. The molecule has 0 amide bonds. The summed E-state index contributed by atoms with van der Waals surface area (Å²) in [7, 11) is 1.57. The number of aryl methyl sites for hydroxylation is 1. The Labute approximate surface area is 189 Å². The number of methoxy groups -OCH3 is 1. The Morgan fingerprint density at radius 2 is 1.62 bits per heavy atom. The number of hydrogen-bond donors (Lipinski definition) is 2. The highest BCUT2D eigenvalue weighted by atomic mass is 32.1. The van der Waals surface area contributed by atoms with Crippen LogP contribution in [-0.4, -0.2) is 34.6 Å². The van der Waals surface area contributed by atoms with Crippen molar-refractivity contribution < 1.29 is 28.1 Å². The van der Waals surface area contributed by atoms with Gasteiger partial charge in [0.15, 0.2) is 0 Å². The minimum absolute atomic E-state index is 0.167. The maximum atomic E-state index is 12.8. The van der Waals surface area contributed by atoms with Crippen molar-refractivity contribution in [3.8, 4) is 27.4 Å². The van der Waals surface area contributed by atoms with Crippen molar-refractivity contribution in [1.82, 2.24) is 4.98 Å². The molecule has 1 aromatic heterocycles. The van der Waals surface area contributed by atoms with Gasteiger partial charge in [-0.05, 0) is 56.0 Å². The minimum atomic E-state index is -4.72. The third-order valence-corrected chi connectivity index (χ3v) is 6.79. The van der Waals surface area contributed by atoms with Crippen molar-refractivity contribution in [3.63, 3.8) is 0 Å². The number of halogens is 3. The SMILES string of the molecule is CCC(O)(CCC(O)C(F)(F)F)c1nc(-c2ccc(OC)cc2)c(-c2ccc(C)cc2)s1. The Bertz CT molecular complexity index is 1030. The van der Waals surface area contributed by atoms with Gasteiger partial charge in [-0.2, -0.15) is 13.2 Å². The predicted octanol–water partition coefficient (Wildman–Crippen LogP) is 6.10. The molecule has 0 saturated carbocycles. The molecule has 2 unspecified atom stereocenters. The average Bonchev–Trinajstić information content (AvgIpc) is 3.23. The van der Waals surface area contributed by atoms with E-state index < -0.39 is 24.3 Å². The molecule has 2 N–H and O–H groups in total. The molecular weight excluding hydrogens is 439 g/mol. The van der Waals surface area contributed by atoms with E-state index in [0.717, 1.165) is 21.6 Å². The van der Waals surface area contributed by atoms with Crippen LogP contribution in [0.4, 0.5) is 13.2 Å². The summed E-state index contributed by atoms with van der Waals surface area (Å²) in [5.41, 5.74) is 1.85. The number of thiazole rings is 1. The minimum Gasteiger partial charge on any atom is -0.497 e. The fourth-order valence-electron chi connectivity index (χ4n) is 3.34. The summed E-state index contributed by atoms with van der Waals surface area (Å²) in [6.07, 6.45) is -7.91. The van der Waals surface area contributed by atoms with Crippen LogP contribution in [0.3, 0.4) is 0 Å². The monoisotopic (exact) mass is 465 g/mol. The first kappa shape index (κ1) is 24.2. The van der Waals surface area contributed by atoms with Crippen LogP contribution in [0.15, 0.2) is 48.5 Å². The van der Waals surface area contributed by atoms with Crippen molar-refractivity contribution >= 4 is 11.3 Å². The average molecular weight is 466 g/mol. The molecule has 0 aliphatic carbocycles. The molecule has 3 rings (SSSR count). The van der Waals surface area contributed by atoms with E-state index in [1.165, 1.54) is 11.3 Å². The zero-order chi connectivity index (χ0) is 23.5. The molecule has 0 radical (unpaired) electrons. The summed E-state index contributed by atoms with van der Waals surface area (Å²) in [5.74, 6) is 0.687. The van der Waals surface area contributed by atoms with Crippen LogP contribution in [0.1, 0.15) is 36.8 Å². The van der Waals surface area contributed by atoms with Gasteiger partial charge in [-0.15, -0.1) is 11.3 Å². The van der Waals surface area contributed by atoms with E-state index in [2.05, 4.69) is 4.98 Å². The largest absolute Gasteiger partial charge is 0.497 e. The van der Waals surface area contributed by atoms with E-state index in [1.807, 2.05) is 43.3 Å². The fraction of sp³-hybridized carbons (Fsp3) is 0.375. The molecular formula is C24H26F3NO3S. The number of alkyl halides is 3. The smallest absolute Gasteiger partial charge is 0.414 e. The van der Waals surface area contributed by atoms with E-state index in [4.69, 9.17) is 4.74 Å². The lowest BCUT2D eigenvalue weighted by Gasteiger charge is -2.26. The number of rotatable bonds is 8. The van der Waals surface area contributed by atoms with Gasteiger partial charge in [0.05, 0.1) is 17.7 Å². The molecule has 0 spiro atoms. The molecule has 32 heavy (non-hydrogen) atoms. The highest BCUT2D eigenvalue weighted by Gasteiger charge is 2.41. The van der Waals surface area contributed by atoms with Gasteiger partial charge in [0, 0.05) is 5.56 Å². The maximum Gasteiger partial charge on any atom is 0.414 e. The predicted molar refractivity (Wildman–Crippen MR) is 120 cm³/mol. The van der Waals surface area contributed by atoms with Crippen LogP contribution in [0.2, 0.25) is 0 Å². The van der Waals surface area contributed by atoms with E-state index >= 15 is 0 Å². The lowest BCUT2D eigenvalue weighted by molar-refractivity contribution is -0.208. The molecule has 2 atom stereocenters. The first-order valence-electron chi connectivity index (χ1n) is 10.3. The third kappa shape index (κ3) is 5.31. The van der Waals surface area contributed by atoms with Gasteiger partial charge in [0.25, 0.3) is 0 Å². The summed E-state index contributed by atoms with van der Waals surface area (Å²) < 4.78 is 43.6. The second kappa shape index (κ2) is 9.60. The number of hydrogen-bond acceptors (Lipinski definition) is 5. The van der Waals surface area contributed by atoms with E-state index in [1.54, 1.807) is 26.2 Å². The Morgan fingerprint density at radius 3 is 2.16 bits per heavy atom. The lowest BCUT2D eigenvalue weighted by Crippen LogP contribution is -2.32. The molecule has 8 heteroatoms. The summed E-state index contributed by atoms with van der Waals surface area (Å²) in [5, 5.41) is 21.0. The maximum absolute atomic E-state index is 12.8. The Kier molecular flexibility index (Phi) is 7.27. The topological polar surface area (TPSA) is 62.6 Å². The zero-order valence-electron chi connectivity index (χ0n) is 18.1. The van der Waals surface area contributed by atoms with Gasteiger partial charge in [0.2, 0.25) is 0 Å². The fourth-order valence-corrected chi connectivity index (χ4v) is 4.62. The molecule has 0 bridgehead atoms. The molecule has 1 heterocycles. The molecule has 0 fully saturated rings. The van der Waals surface area contributed by atoms with Crippen molar-refractivity contribution in [3.05, 3.63) is 59.1 Å². The zero-order valence-corrected chi connectivity index (χ0v) is 18.9. The van der Waals surface area contributed by atoms with Gasteiger partial charge in [-0.25, -0.2) is 4.98 Å². The van der Waals surface area contributed by atoms with Crippen LogP contribution in [0.5, 0.6) is 5.75 Å². The second-order valence-corrected chi connectivity index (χ2v) is 8.77. The number of ether oxygens (including phenoxy) is 1.